The van der Waals surface area contributed by atoms with Gasteiger partial charge in [-0.2, -0.15) is 0 Å². The van der Waals surface area contributed by atoms with Crippen molar-refractivity contribution in [2.75, 3.05) is 0 Å². The first-order valence-corrected chi connectivity index (χ1v) is 7.19. The molecule has 2 aromatic heterocycles. The van der Waals surface area contributed by atoms with Crippen LogP contribution in [0.2, 0.25) is 0 Å². The molecule has 0 aliphatic rings. The Morgan fingerprint density at radius 1 is 0.760 bits per heavy atom. The molecule has 124 valence electrons. The Morgan fingerprint density at radius 2 is 1.36 bits per heavy atom. The van der Waals surface area contributed by atoms with Gasteiger partial charge in [0.2, 0.25) is 0 Å². The van der Waals surface area contributed by atoms with Gasteiger partial charge in [0, 0.05) is 24.3 Å². The molecule has 0 fully saturated rings. The van der Waals surface area contributed by atoms with Crippen molar-refractivity contribution in [1.29, 1.82) is 0 Å². The average molecular weight is 337 g/mol. The van der Waals surface area contributed by atoms with Crippen LogP contribution in [0.1, 0.15) is 0 Å². The lowest BCUT2D eigenvalue weighted by Crippen LogP contribution is -1.98. The Hall–Kier alpha value is -3.74. The number of hydrogen-bond donors (Lipinski definition) is 0. The van der Waals surface area contributed by atoms with E-state index in [0.717, 1.165) is 0 Å². The van der Waals surface area contributed by atoms with Crippen LogP contribution in [0.4, 0.5) is 5.69 Å². The molecule has 2 heterocycles. The third kappa shape index (κ3) is 3.45. The van der Waals surface area contributed by atoms with Crippen LogP contribution in [0.15, 0.2) is 85.5 Å². The molecule has 0 N–H and O–H groups in total. The van der Waals surface area contributed by atoms with E-state index in [1.54, 1.807) is 12.1 Å². The molecule has 0 unspecified atom stereocenters. The van der Waals surface area contributed by atoms with Crippen molar-refractivity contribution in [3.63, 3.8) is 0 Å². The molecule has 0 radical (unpaired) electrons. The van der Waals surface area contributed by atoms with Gasteiger partial charge in [-0.3, -0.25) is 19.7 Å². The summed E-state index contributed by atoms with van der Waals surface area (Å²) in [5.74, 6) is 0. The van der Waals surface area contributed by atoms with Crippen molar-refractivity contribution in [1.82, 2.24) is 0 Å². The zero-order valence-corrected chi connectivity index (χ0v) is 12.7. The lowest BCUT2D eigenvalue weighted by Gasteiger charge is -1.94. The number of para-hydroxylation sites is 1. The number of benzene rings is 2. The normalized spacial score (nSPS) is 10.2. The van der Waals surface area contributed by atoms with Gasteiger partial charge in [0.05, 0.1) is 28.2 Å². The van der Waals surface area contributed by atoms with Gasteiger partial charge in [0.25, 0.3) is 5.69 Å². The summed E-state index contributed by atoms with van der Waals surface area (Å²) in [7, 11) is 0. The minimum Gasteiger partial charge on any atom is -0.464 e. The monoisotopic (exact) mass is 337 g/mol. The van der Waals surface area contributed by atoms with Gasteiger partial charge in [-0.05, 0) is 18.2 Å². The van der Waals surface area contributed by atoms with Crippen LogP contribution in [0.25, 0.3) is 21.9 Å². The number of nitro benzene ring substituents is 1. The summed E-state index contributed by atoms with van der Waals surface area (Å²) >= 11 is 0. The highest BCUT2D eigenvalue weighted by Gasteiger charge is 2.08. The van der Waals surface area contributed by atoms with Crippen LogP contribution < -0.4 is 10.9 Å². The first-order chi connectivity index (χ1) is 12.1. The lowest BCUT2D eigenvalue weighted by atomic mass is 10.2. The van der Waals surface area contributed by atoms with E-state index in [1.807, 2.05) is 12.1 Å². The van der Waals surface area contributed by atoms with Crippen LogP contribution in [-0.2, 0) is 0 Å². The molecule has 25 heavy (non-hydrogen) atoms. The van der Waals surface area contributed by atoms with Crippen LogP contribution in [0.5, 0.6) is 0 Å². The van der Waals surface area contributed by atoms with Crippen LogP contribution in [0.3, 0.4) is 0 Å². The molecule has 7 heteroatoms. The molecule has 0 saturated heterocycles. The van der Waals surface area contributed by atoms with Crippen molar-refractivity contribution in [3.8, 4) is 0 Å². The van der Waals surface area contributed by atoms with Crippen molar-refractivity contribution >= 4 is 27.6 Å². The number of fused-ring (bicyclic) bond motifs is 2. The van der Waals surface area contributed by atoms with Gasteiger partial charge in [-0.25, -0.2) is 0 Å². The van der Waals surface area contributed by atoms with E-state index < -0.39 is 4.92 Å². The molecule has 0 saturated carbocycles. The average Bonchev–Trinajstić information content (AvgIpc) is 2.63. The molecule has 0 bridgehead atoms. The number of rotatable bonds is 1. The molecule has 0 atom stereocenters. The summed E-state index contributed by atoms with van der Waals surface area (Å²) in [6.07, 6.45) is 2.67. The van der Waals surface area contributed by atoms with E-state index in [9.17, 15) is 19.7 Å². The SMILES string of the molecule is O=c1ccoc2ccc([N+](=O)[O-])cc12.O=c1ccoc2ccccc12. The molecular formula is C18H11NO6. The van der Waals surface area contributed by atoms with Gasteiger partial charge in [0.15, 0.2) is 10.9 Å². The molecule has 0 aliphatic heterocycles. The maximum absolute atomic E-state index is 11.3. The number of nitrogens with zero attached hydrogens (tertiary/aromatic N) is 1. The first kappa shape index (κ1) is 16.1. The van der Waals surface area contributed by atoms with Crippen molar-refractivity contribution in [2.24, 2.45) is 0 Å². The zero-order chi connectivity index (χ0) is 17.8. The molecule has 4 aromatic rings. The second-order valence-electron chi connectivity index (χ2n) is 5.00. The Morgan fingerprint density at radius 3 is 2.00 bits per heavy atom. The quantitative estimate of drug-likeness (QED) is 0.389. The second-order valence-corrected chi connectivity index (χ2v) is 5.00. The molecule has 2 aromatic carbocycles. The standard InChI is InChI=1S/C9H5NO4.C9H6O2/c11-8-3-4-14-9-2-1-6(10(12)13)5-7(8)9;10-8-5-6-11-9-4-2-1-3-7(8)9/h1-5H;1-6H. The summed E-state index contributed by atoms with van der Waals surface area (Å²) in [5.41, 5.74) is 0.598. The maximum Gasteiger partial charge on any atom is 0.270 e. The number of nitro groups is 1. The number of hydrogen-bond acceptors (Lipinski definition) is 6. The third-order valence-corrected chi connectivity index (χ3v) is 3.42. The van der Waals surface area contributed by atoms with E-state index >= 15 is 0 Å². The smallest absolute Gasteiger partial charge is 0.270 e. The van der Waals surface area contributed by atoms with E-state index in [2.05, 4.69) is 0 Å². The van der Waals surface area contributed by atoms with Gasteiger partial charge < -0.3 is 8.83 Å². The Bertz CT molecular complexity index is 1170. The van der Waals surface area contributed by atoms with E-state index in [1.165, 1.54) is 42.9 Å². The zero-order valence-electron chi connectivity index (χ0n) is 12.7. The van der Waals surface area contributed by atoms with Gasteiger partial charge in [0.1, 0.15) is 11.2 Å². The largest absolute Gasteiger partial charge is 0.464 e. The maximum atomic E-state index is 11.3. The minimum atomic E-state index is -0.550. The van der Waals surface area contributed by atoms with Crippen LogP contribution in [-0.4, -0.2) is 4.92 Å². The summed E-state index contributed by atoms with van der Waals surface area (Å²) in [6.45, 7) is 0. The van der Waals surface area contributed by atoms with Gasteiger partial charge in [-0.1, -0.05) is 12.1 Å². The Labute approximate surface area is 139 Å². The number of non-ortho nitro benzene ring substituents is 1. The first-order valence-electron chi connectivity index (χ1n) is 7.19. The van der Waals surface area contributed by atoms with E-state index in [-0.39, 0.29) is 21.9 Å². The van der Waals surface area contributed by atoms with Gasteiger partial charge in [-0.15, -0.1) is 0 Å². The molecule has 0 aliphatic carbocycles. The van der Waals surface area contributed by atoms with Gasteiger partial charge >= 0.3 is 0 Å². The third-order valence-electron chi connectivity index (χ3n) is 3.42. The Kier molecular flexibility index (Phi) is 4.38. The van der Waals surface area contributed by atoms with Crippen molar-refractivity contribution in [3.05, 3.63) is 97.7 Å². The molecule has 7 nitrogen and oxygen atoms in total. The van der Waals surface area contributed by atoms with E-state index in [4.69, 9.17) is 8.83 Å². The highest BCUT2D eigenvalue weighted by molar-refractivity contribution is 5.78. The molecular weight excluding hydrogens is 326 g/mol. The Balaban J connectivity index is 0.000000150. The van der Waals surface area contributed by atoms with Crippen LogP contribution >= 0.6 is 0 Å². The molecule has 4 rings (SSSR count). The highest BCUT2D eigenvalue weighted by Crippen LogP contribution is 2.17. The summed E-state index contributed by atoms with van der Waals surface area (Å²) in [4.78, 5) is 32.3. The minimum absolute atomic E-state index is 0.00634. The predicted molar refractivity (Wildman–Crippen MR) is 91.6 cm³/mol. The lowest BCUT2D eigenvalue weighted by molar-refractivity contribution is -0.384. The fourth-order valence-electron chi connectivity index (χ4n) is 2.22. The summed E-state index contributed by atoms with van der Waals surface area (Å²) in [6, 6.07) is 13.7. The second kappa shape index (κ2) is 6.79. The summed E-state index contributed by atoms with van der Waals surface area (Å²) < 4.78 is 10.1. The van der Waals surface area contributed by atoms with Crippen molar-refractivity contribution < 1.29 is 13.8 Å². The predicted octanol–water partition coefficient (Wildman–Crippen LogP) is 3.49. The van der Waals surface area contributed by atoms with E-state index in [0.29, 0.717) is 16.6 Å². The fraction of sp³-hybridized carbons (Fsp3) is 0. The van der Waals surface area contributed by atoms with Crippen LogP contribution in [0, 0.1) is 10.1 Å². The van der Waals surface area contributed by atoms with Crippen molar-refractivity contribution in [2.45, 2.75) is 0 Å². The molecule has 0 amide bonds. The molecule has 0 spiro atoms. The fourth-order valence-corrected chi connectivity index (χ4v) is 2.22. The summed E-state index contributed by atoms with van der Waals surface area (Å²) in [5, 5.41) is 11.3. The highest BCUT2D eigenvalue weighted by atomic mass is 16.6. The topological polar surface area (TPSA) is 104 Å².